The van der Waals surface area contributed by atoms with Gasteiger partial charge in [0.05, 0.1) is 0 Å². The fourth-order valence-corrected chi connectivity index (χ4v) is 1.77. The van der Waals surface area contributed by atoms with Crippen molar-refractivity contribution in [1.82, 2.24) is 4.90 Å². The number of carbonyl (C=O) groups is 2. The van der Waals surface area contributed by atoms with Gasteiger partial charge in [0.15, 0.2) is 0 Å². The molecular formula is C11H19NO2. The maximum atomic E-state index is 11.5. The Kier molecular flexibility index (Phi) is 4.63. The fourth-order valence-electron chi connectivity index (χ4n) is 1.77. The number of carbonyl (C=O) groups excluding carboxylic acids is 2. The van der Waals surface area contributed by atoms with Crippen LogP contribution in [0.5, 0.6) is 0 Å². The molecule has 80 valence electrons. The molecule has 1 fully saturated rings. The molecule has 14 heavy (non-hydrogen) atoms. The number of hydrogen-bond donors (Lipinski definition) is 0. The summed E-state index contributed by atoms with van der Waals surface area (Å²) in [5.41, 5.74) is 0. The zero-order valence-corrected chi connectivity index (χ0v) is 8.92. The number of ketones is 1. The van der Waals surface area contributed by atoms with Crippen molar-refractivity contribution in [3.05, 3.63) is 0 Å². The molecule has 0 aliphatic carbocycles. The summed E-state index contributed by atoms with van der Waals surface area (Å²) in [6.45, 7) is 3.47. The van der Waals surface area contributed by atoms with Crippen LogP contribution >= 0.6 is 0 Å². The quantitative estimate of drug-likeness (QED) is 0.630. The molecule has 0 spiro atoms. The molecular weight excluding hydrogens is 178 g/mol. The Morgan fingerprint density at radius 2 is 1.64 bits per heavy atom. The highest BCUT2D eigenvalue weighted by atomic mass is 16.2. The maximum absolute atomic E-state index is 11.5. The summed E-state index contributed by atoms with van der Waals surface area (Å²) in [4.78, 5) is 24.1. The number of Topliss-reactive ketones (excluding diaryl/α,β-unsaturated/α-hetero) is 1. The zero-order chi connectivity index (χ0) is 10.4. The van der Waals surface area contributed by atoms with Gasteiger partial charge in [-0.05, 0) is 32.6 Å². The predicted molar refractivity (Wildman–Crippen MR) is 55.0 cm³/mol. The van der Waals surface area contributed by atoms with Gasteiger partial charge in [-0.2, -0.15) is 0 Å². The summed E-state index contributed by atoms with van der Waals surface area (Å²) in [5, 5.41) is 0. The number of likely N-dealkylation sites (tertiary alicyclic amines) is 1. The summed E-state index contributed by atoms with van der Waals surface area (Å²) in [7, 11) is 0. The number of nitrogens with zero attached hydrogens (tertiary/aromatic N) is 1. The third-order valence-electron chi connectivity index (χ3n) is 2.63. The molecule has 3 heteroatoms. The lowest BCUT2D eigenvalue weighted by atomic mass is 10.1. The molecule has 0 radical (unpaired) electrons. The molecule has 0 bridgehead atoms. The van der Waals surface area contributed by atoms with Crippen LogP contribution in [-0.4, -0.2) is 29.7 Å². The van der Waals surface area contributed by atoms with E-state index in [0.29, 0.717) is 12.8 Å². The van der Waals surface area contributed by atoms with Crippen LogP contribution in [0.1, 0.15) is 45.4 Å². The van der Waals surface area contributed by atoms with Crippen molar-refractivity contribution < 1.29 is 9.59 Å². The third kappa shape index (κ3) is 3.90. The van der Waals surface area contributed by atoms with Crippen LogP contribution in [0.25, 0.3) is 0 Å². The van der Waals surface area contributed by atoms with E-state index in [4.69, 9.17) is 0 Å². The first kappa shape index (κ1) is 11.2. The van der Waals surface area contributed by atoms with Gasteiger partial charge >= 0.3 is 0 Å². The molecule has 0 aromatic rings. The molecule has 0 saturated carbocycles. The van der Waals surface area contributed by atoms with Crippen LogP contribution in [0.3, 0.4) is 0 Å². The van der Waals surface area contributed by atoms with Gasteiger partial charge in [0, 0.05) is 25.9 Å². The van der Waals surface area contributed by atoms with E-state index in [0.717, 1.165) is 38.8 Å². The van der Waals surface area contributed by atoms with Crippen LogP contribution in [0.15, 0.2) is 0 Å². The second-order valence-corrected chi connectivity index (χ2v) is 4.00. The standard InChI is InChI=1S/C11H19NO2/c1-10(13)6-2-3-7-11(14)12-8-4-5-9-12/h2-9H2,1H3. The molecule has 1 rings (SSSR count). The average molecular weight is 197 g/mol. The van der Waals surface area contributed by atoms with Crippen molar-refractivity contribution in [3.63, 3.8) is 0 Å². The SMILES string of the molecule is CC(=O)CCCCC(=O)N1CCCC1. The minimum absolute atomic E-state index is 0.221. The first-order chi connectivity index (χ1) is 6.70. The molecule has 1 aliphatic rings. The van der Waals surface area contributed by atoms with Crippen LogP contribution in [0.4, 0.5) is 0 Å². The Bertz CT molecular complexity index is 207. The minimum Gasteiger partial charge on any atom is -0.343 e. The largest absolute Gasteiger partial charge is 0.343 e. The molecule has 1 heterocycles. The number of hydrogen-bond acceptors (Lipinski definition) is 2. The van der Waals surface area contributed by atoms with Gasteiger partial charge in [-0.1, -0.05) is 0 Å². The van der Waals surface area contributed by atoms with Crippen molar-refractivity contribution in [2.45, 2.75) is 45.4 Å². The molecule has 1 amide bonds. The summed E-state index contributed by atoms with van der Waals surface area (Å²) < 4.78 is 0. The van der Waals surface area contributed by atoms with E-state index in [1.54, 1.807) is 6.92 Å². The van der Waals surface area contributed by atoms with Crippen molar-refractivity contribution in [3.8, 4) is 0 Å². The highest BCUT2D eigenvalue weighted by Gasteiger charge is 2.16. The van der Waals surface area contributed by atoms with Crippen molar-refractivity contribution in [2.24, 2.45) is 0 Å². The first-order valence-corrected chi connectivity index (χ1v) is 5.47. The molecule has 0 atom stereocenters. The predicted octanol–water partition coefficient (Wildman–Crippen LogP) is 1.76. The molecule has 0 N–H and O–H groups in total. The lowest BCUT2D eigenvalue weighted by Crippen LogP contribution is -2.27. The summed E-state index contributed by atoms with van der Waals surface area (Å²) in [6, 6.07) is 0. The van der Waals surface area contributed by atoms with E-state index in [9.17, 15) is 9.59 Å². The Morgan fingerprint density at radius 3 is 2.21 bits per heavy atom. The second-order valence-electron chi connectivity index (χ2n) is 4.00. The van der Waals surface area contributed by atoms with Gasteiger partial charge in [-0.3, -0.25) is 4.79 Å². The second kappa shape index (κ2) is 5.78. The smallest absolute Gasteiger partial charge is 0.222 e. The Morgan fingerprint density at radius 1 is 1.07 bits per heavy atom. The topological polar surface area (TPSA) is 37.4 Å². The number of amides is 1. The zero-order valence-electron chi connectivity index (χ0n) is 8.92. The fraction of sp³-hybridized carbons (Fsp3) is 0.818. The number of rotatable bonds is 5. The van der Waals surface area contributed by atoms with Crippen LogP contribution in [-0.2, 0) is 9.59 Å². The maximum Gasteiger partial charge on any atom is 0.222 e. The summed E-state index contributed by atoms with van der Waals surface area (Å²) in [5.74, 6) is 0.490. The Balaban J connectivity index is 2.05. The average Bonchev–Trinajstić information content (AvgIpc) is 2.64. The van der Waals surface area contributed by atoms with Crippen molar-refractivity contribution in [2.75, 3.05) is 13.1 Å². The van der Waals surface area contributed by atoms with Gasteiger partial charge in [0.25, 0.3) is 0 Å². The molecule has 0 aromatic carbocycles. The minimum atomic E-state index is 0.221. The van der Waals surface area contributed by atoms with Gasteiger partial charge in [-0.25, -0.2) is 0 Å². The normalized spacial score (nSPS) is 15.9. The molecule has 1 aliphatic heterocycles. The lowest BCUT2D eigenvalue weighted by molar-refractivity contribution is -0.130. The van der Waals surface area contributed by atoms with Gasteiger partial charge in [0.1, 0.15) is 5.78 Å². The van der Waals surface area contributed by atoms with Crippen LogP contribution in [0, 0.1) is 0 Å². The van der Waals surface area contributed by atoms with E-state index >= 15 is 0 Å². The highest BCUT2D eigenvalue weighted by Crippen LogP contribution is 2.11. The van der Waals surface area contributed by atoms with E-state index in [-0.39, 0.29) is 11.7 Å². The van der Waals surface area contributed by atoms with Crippen LogP contribution in [0.2, 0.25) is 0 Å². The van der Waals surface area contributed by atoms with Gasteiger partial charge in [-0.15, -0.1) is 0 Å². The van der Waals surface area contributed by atoms with E-state index in [1.165, 1.54) is 0 Å². The highest BCUT2D eigenvalue weighted by molar-refractivity contribution is 5.77. The number of unbranched alkanes of at least 4 members (excludes halogenated alkanes) is 1. The first-order valence-electron chi connectivity index (χ1n) is 5.47. The summed E-state index contributed by atoms with van der Waals surface area (Å²) in [6.07, 6.45) is 5.25. The molecule has 1 saturated heterocycles. The van der Waals surface area contributed by atoms with E-state index in [1.807, 2.05) is 4.90 Å². The van der Waals surface area contributed by atoms with E-state index in [2.05, 4.69) is 0 Å². The van der Waals surface area contributed by atoms with Crippen LogP contribution < -0.4 is 0 Å². The molecule has 0 aromatic heterocycles. The Labute approximate surface area is 85.5 Å². The lowest BCUT2D eigenvalue weighted by Gasteiger charge is -2.14. The van der Waals surface area contributed by atoms with Crippen molar-refractivity contribution >= 4 is 11.7 Å². The molecule has 3 nitrogen and oxygen atoms in total. The Hall–Kier alpha value is -0.860. The molecule has 0 unspecified atom stereocenters. The van der Waals surface area contributed by atoms with Crippen molar-refractivity contribution in [1.29, 1.82) is 0 Å². The van der Waals surface area contributed by atoms with Gasteiger partial charge in [0.2, 0.25) is 5.91 Å². The van der Waals surface area contributed by atoms with E-state index < -0.39 is 0 Å². The monoisotopic (exact) mass is 197 g/mol. The van der Waals surface area contributed by atoms with Gasteiger partial charge < -0.3 is 9.69 Å². The third-order valence-corrected chi connectivity index (χ3v) is 2.63. The summed E-state index contributed by atoms with van der Waals surface area (Å²) >= 11 is 0.